The molecule has 0 saturated heterocycles. The number of nitrogens with zero attached hydrogens (tertiary/aromatic N) is 2. The number of anilines is 1. The number of thiazole rings is 1. The zero-order valence-corrected chi connectivity index (χ0v) is 24.2. The van der Waals surface area contributed by atoms with E-state index in [-0.39, 0.29) is 0 Å². The van der Waals surface area contributed by atoms with E-state index in [1.165, 1.54) is 5.56 Å². The fourth-order valence-electron chi connectivity index (χ4n) is 5.51. The van der Waals surface area contributed by atoms with Gasteiger partial charge in [0.1, 0.15) is 10.8 Å². The van der Waals surface area contributed by atoms with Crippen molar-refractivity contribution in [3.05, 3.63) is 113 Å². The van der Waals surface area contributed by atoms with Crippen LogP contribution in [-0.4, -0.2) is 28.5 Å². The molecule has 7 nitrogen and oxygen atoms in total. The van der Waals surface area contributed by atoms with Crippen molar-refractivity contribution in [2.75, 3.05) is 11.9 Å². The number of furan rings is 1. The van der Waals surface area contributed by atoms with E-state index in [2.05, 4.69) is 24.4 Å². The van der Waals surface area contributed by atoms with Crippen LogP contribution in [0.5, 0.6) is 0 Å². The van der Waals surface area contributed by atoms with Crippen molar-refractivity contribution in [1.82, 2.24) is 9.97 Å². The quantitative estimate of drug-likeness (QED) is 0.199. The van der Waals surface area contributed by atoms with Gasteiger partial charge < -0.3 is 14.5 Å². The topological polar surface area (TPSA) is 94.3 Å². The fraction of sp³-hybridized carbons (Fsp3) is 0.143. The first-order valence-corrected chi connectivity index (χ1v) is 14.9. The number of esters is 1. The van der Waals surface area contributed by atoms with Gasteiger partial charge >= 0.3 is 5.97 Å². The van der Waals surface area contributed by atoms with Crippen LogP contribution in [0.25, 0.3) is 43.3 Å². The van der Waals surface area contributed by atoms with Gasteiger partial charge in [-0.1, -0.05) is 24.3 Å². The first-order valence-electron chi connectivity index (χ1n) is 14.1. The van der Waals surface area contributed by atoms with Crippen LogP contribution in [0.15, 0.2) is 89.5 Å². The highest BCUT2D eigenvalue weighted by Gasteiger charge is 2.26. The highest BCUT2D eigenvalue weighted by molar-refractivity contribution is 7.21. The molecule has 6 aromatic rings. The summed E-state index contributed by atoms with van der Waals surface area (Å²) in [5, 5.41) is 4.46. The van der Waals surface area contributed by atoms with Gasteiger partial charge in [0.05, 0.1) is 33.3 Å². The number of pyridine rings is 1. The molecule has 0 aliphatic heterocycles. The number of aromatic nitrogens is 2. The molecule has 8 heteroatoms. The molecule has 43 heavy (non-hydrogen) atoms. The lowest BCUT2D eigenvalue weighted by atomic mass is 9.86. The normalized spacial score (nSPS) is 13.7. The number of ether oxygens (including phenoxy) is 1. The summed E-state index contributed by atoms with van der Waals surface area (Å²) in [7, 11) is 0. The Morgan fingerprint density at radius 2 is 1.84 bits per heavy atom. The summed E-state index contributed by atoms with van der Waals surface area (Å²) in [5.41, 5.74) is 7.55. The van der Waals surface area contributed by atoms with Crippen molar-refractivity contribution < 1.29 is 18.7 Å². The number of carbonyl (C=O) groups is 2. The largest absolute Gasteiger partial charge is 0.465 e. The minimum Gasteiger partial charge on any atom is -0.465 e. The number of allylic oxidation sites excluding steroid dienone is 1. The molecule has 3 aromatic heterocycles. The van der Waals surface area contributed by atoms with Gasteiger partial charge in [0.2, 0.25) is 0 Å². The van der Waals surface area contributed by atoms with Gasteiger partial charge in [-0.2, -0.15) is 0 Å². The van der Waals surface area contributed by atoms with Crippen molar-refractivity contribution in [3.8, 4) is 10.6 Å². The molecular weight excluding hydrogens is 558 g/mol. The highest BCUT2D eigenvalue weighted by atomic mass is 32.1. The molecule has 0 bridgehead atoms. The predicted octanol–water partition coefficient (Wildman–Crippen LogP) is 8.09. The zero-order valence-electron chi connectivity index (χ0n) is 23.4. The molecule has 3 heterocycles. The number of hydrogen-bond donors (Lipinski definition) is 1. The fourth-order valence-corrected chi connectivity index (χ4v) is 6.57. The number of hydrogen-bond acceptors (Lipinski definition) is 7. The Bertz CT molecular complexity index is 2020. The Kier molecular flexibility index (Phi) is 7.04. The van der Waals surface area contributed by atoms with Crippen LogP contribution in [-0.2, 0) is 16.0 Å². The maximum atomic E-state index is 13.5. The summed E-state index contributed by atoms with van der Waals surface area (Å²) in [4.78, 5) is 36.0. The van der Waals surface area contributed by atoms with Crippen LogP contribution >= 0.6 is 11.3 Å². The first kappa shape index (κ1) is 26.8. The lowest BCUT2D eigenvalue weighted by Gasteiger charge is -2.22. The van der Waals surface area contributed by atoms with Gasteiger partial charge in [0, 0.05) is 16.6 Å². The average Bonchev–Trinajstić information content (AvgIpc) is 3.69. The average molecular weight is 586 g/mol. The van der Waals surface area contributed by atoms with Crippen LogP contribution in [0.4, 0.5) is 5.69 Å². The Morgan fingerprint density at radius 3 is 2.67 bits per heavy atom. The molecule has 0 atom stereocenters. The van der Waals surface area contributed by atoms with Crippen molar-refractivity contribution in [3.63, 3.8) is 0 Å². The number of carbonyl (C=O) groups excluding carboxylic acids is 2. The van der Waals surface area contributed by atoms with Crippen molar-refractivity contribution in [2.24, 2.45) is 0 Å². The van der Waals surface area contributed by atoms with Gasteiger partial charge in [-0.15, -0.1) is 11.3 Å². The molecule has 212 valence electrons. The molecule has 0 spiro atoms. The van der Waals surface area contributed by atoms with Crippen molar-refractivity contribution in [1.29, 1.82) is 0 Å². The Morgan fingerprint density at radius 1 is 0.977 bits per heavy atom. The second-order valence-corrected chi connectivity index (χ2v) is 11.6. The Labute approximate surface area is 251 Å². The smallest absolute Gasteiger partial charge is 0.339 e. The molecule has 0 radical (unpaired) electrons. The van der Waals surface area contributed by atoms with Gasteiger partial charge in [-0.3, -0.25) is 4.79 Å². The number of fused-ring (bicyclic) bond motifs is 3. The van der Waals surface area contributed by atoms with E-state index >= 15 is 0 Å². The van der Waals surface area contributed by atoms with Crippen molar-refractivity contribution in [2.45, 2.75) is 26.2 Å². The standard InChI is InChI=1S/C35H27N3O4S/c1-21-11-16-29-30(18-21)43-34(38-29)22-12-14-24(15-13-22)36-31(39)20-42-35(40)32-26-8-2-3-10-28(26)37-33-23(6-4-9-27(32)33)19-25-7-5-17-41-25/h2-3,5,7-8,10-19H,4,6,9,20H2,1H3,(H,36,39). The molecular formula is C35H27N3O4S. The third-order valence-electron chi connectivity index (χ3n) is 7.53. The van der Waals surface area contributed by atoms with Crippen LogP contribution in [0.3, 0.4) is 0 Å². The molecule has 1 aliphatic carbocycles. The maximum Gasteiger partial charge on any atom is 0.339 e. The van der Waals surface area contributed by atoms with Gasteiger partial charge in [-0.25, -0.2) is 14.8 Å². The lowest BCUT2D eigenvalue weighted by Crippen LogP contribution is -2.22. The van der Waals surface area contributed by atoms with Gasteiger partial charge in [0.15, 0.2) is 6.61 Å². The van der Waals surface area contributed by atoms with E-state index in [1.54, 1.807) is 17.6 Å². The first-order chi connectivity index (χ1) is 21.0. The minimum absolute atomic E-state index is 0.404. The lowest BCUT2D eigenvalue weighted by molar-refractivity contribution is -0.119. The zero-order chi connectivity index (χ0) is 29.3. The SMILES string of the molecule is Cc1ccc2nc(-c3ccc(NC(=O)COC(=O)c4c5c(nc6ccccc46)C(=Cc4ccco4)CCC5)cc3)sc2c1. The summed E-state index contributed by atoms with van der Waals surface area (Å²) in [6, 6.07) is 25.0. The summed E-state index contributed by atoms with van der Waals surface area (Å²) in [6.45, 7) is 1.66. The van der Waals surface area contributed by atoms with E-state index in [0.717, 1.165) is 56.2 Å². The van der Waals surface area contributed by atoms with E-state index in [4.69, 9.17) is 19.1 Å². The molecule has 0 unspecified atom stereocenters. The predicted molar refractivity (Wildman–Crippen MR) is 170 cm³/mol. The third kappa shape index (κ3) is 5.45. The highest BCUT2D eigenvalue weighted by Crippen LogP contribution is 2.36. The summed E-state index contributed by atoms with van der Waals surface area (Å²) >= 11 is 1.64. The van der Waals surface area contributed by atoms with Crippen LogP contribution in [0, 0.1) is 6.92 Å². The molecule has 1 aliphatic rings. The third-order valence-corrected chi connectivity index (χ3v) is 8.60. The monoisotopic (exact) mass is 585 g/mol. The molecule has 1 N–H and O–H groups in total. The van der Waals surface area contributed by atoms with Crippen LogP contribution in [0.2, 0.25) is 0 Å². The van der Waals surface area contributed by atoms with E-state index in [9.17, 15) is 9.59 Å². The van der Waals surface area contributed by atoms with E-state index in [0.29, 0.717) is 28.6 Å². The second-order valence-electron chi connectivity index (χ2n) is 10.6. The Balaban J connectivity index is 1.08. The second kappa shape index (κ2) is 11.3. The van der Waals surface area contributed by atoms with E-state index < -0.39 is 18.5 Å². The number of para-hydroxylation sites is 1. The van der Waals surface area contributed by atoms with Crippen LogP contribution in [0.1, 0.15) is 45.8 Å². The van der Waals surface area contributed by atoms with Gasteiger partial charge in [0.25, 0.3) is 5.91 Å². The summed E-state index contributed by atoms with van der Waals surface area (Å²) < 4.78 is 12.3. The van der Waals surface area contributed by atoms with Gasteiger partial charge in [-0.05, 0) is 104 Å². The summed E-state index contributed by atoms with van der Waals surface area (Å²) in [6.07, 6.45) is 6.00. The minimum atomic E-state index is -0.536. The number of aryl methyl sites for hydroxylation is 1. The number of amides is 1. The maximum absolute atomic E-state index is 13.5. The number of benzene rings is 3. The number of rotatable bonds is 6. The Hall–Kier alpha value is -5.08. The molecule has 3 aromatic carbocycles. The molecule has 0 saturated carbocycles. The molecule has 0 fully saturated rings. The molecule has 1 amide bonds. The summed E-state index contributed by atoms with van der Waals surface area (Å²) in [5.74, 6) is -0.213. The van der Waals surface area contributed by atoms with Crippen LogP contribution < -0.4 is 5.32 Å². The molecule has 7 rings (SSSR count). The van der Waals surface area contributed by atoms with E-state index in [1.807, 2.05) is 72.8 Å². The van der Waals surface area contributed by atoms with Crippen molar-refractivity contribution >= 4 is 61.7 Å². The number of nitrogens with one attached hydrogen (secondary N) is 1.